The lowest BCUT2D eigenvalue weighted by Gasteiger charge is -2.42. The van der Waals surface area contributed by atoms with Crippen molar-refractivity contribution in [3.63, 3.8) is 0 Å². The Morgan fingerprint density at radius 1 is 1.30 bits per heavy atom. The van der Waals surface area contributed by atoms with E-state index in [1.54, 1.807) is 16.2 Å². The molecule has 0 aliphatic heterocycles. The van der Waals surface area contributed by atoms with Gasteiger partial charge in [0.1, 0.15) is 0 Å². The van der Waals surface area contributed by atoms with Crippen LogP contribution in [0.1, 0.15) is 69.9 Å². The molecule has 27 heavy (non-hydrogen) atoms. The number of thiazole rings is 1. The summed E-state index contributed by atoms with van der Waals surface area (Å²) in [5.41, 5.74) is 6.70. The third-order valence-electron chi connectivity index (χ3n) is 6.05. The molecule has 0 saturated heterocycles. The molecule has 2 aliphatic carbocycles. The smallest absolute Gasteiger partial charge is 0.407 e. The molecule has 1 aromatic heterocycles. The maximum absolute atomic E-state index is 11.7. The predicted molar refractivity (Wildman–Crippen MR) is 110 cm³/mol. The Kier molecular flexibility index (Phi) is 6.31. The topological polar surface area (TPSA) is 91.5 Å². The van der Waals surface area contributed by atoms with Gasteiger partial charge in [-0.3, -0.25) is 0 Å². The zero-order valence-electron chi connectivity index (χ0n) is 16.8. The highest BCUT2D eigenvalue weighted by atomic mass is 32.1. The van der Waals surface area contributed by atoms with Crippen LogP contribution in [0.2, 0.25) is 0 Å². The van der Waals surface area contributed by atoms with Crippen molar-refractivity contribution in [2.45, 2.75) is 89.8 Å². The number of nitrogens with two attached hydrogens (primary N) is 1. The molecule has 1 amide bonds. The summed E-state index contributed by atoms with van der Waals surface area (Å²) in [6.07, 6.45) is 7.86. The molecular formula is C20H34N4O2S. The monoisotopic (exact) mass is 394 g/mol. The van der Waals surface area contributed by atoms with Crippen molar-refractivity contribution >= 4 is 22.6 Å². The van der Waals surface area contributed by atoms with E-state index in [-0.39, 0.29) is 11.6 Å². The first-order chi connectivity index (χ1) is 12.7. The second-order valence-electron chi connectivity index (χ2n) is 9.10. The molecule has 3 rings (SSSR count). The van der Waals surface area contributed by atoms with Crippen LogP contribution >= 0.6 is 11.3 Å². The summed E-state index contributed by atoms with van der Waals surface area (Å²) in [4.78, 5) is 19.1. The highest BCUT2D eigenvalue weighted by Crippen LogP contribution is 2.33. The zero-order chi connectivity index (χ0) is 19.6. The molecule has 7 heteroatoms. The van der Waals surface area contributed by atoms with Crippen molar-refractivity contribution in [1.29, 1.82) is 0 Å². The number of carbonyl (C=O) groups is 1. The normalized spacial score (nSPS) is 25.8. The van der Waals surface area contributed by atoms with Gasteiger partial charge >= 0.3 is 6.09 Å². The Balaban J connectivity index is 1.39. The van der Waals surface area contributed by atoms with Crippen LogP contribution in [0.3, 0.4) is 0 Å². The number of hydrogen-bond acceptors (Lipinski definition) is 5. The van der Waals surface area contributed by atoms with Gasteiger partial charge in [0.25, 0.3) is 0 Å². The minimum Gasteiger partial charge on any atom is -0.465 e. The Morgan fingerprint density at radius 2 is 2.00 bits per heavy atom. The molecule has 0 spiro atoms. The van der Waals surface area contributed by atoms with Crippen LogP contribution in [0.25, 0.3) is 0 Å². The number of amides is 1. The molecule has 4 N–H and O–H groups in total. The van der Waals surface area contributed by atoms with E-state index >= 15 is 0 Å². The number of aryl methyl sites for hydroxylation is 1. The van der Waals surface area contributed by atoms with E-state index in [2.05, 4.69) is 10.3 Å². The Morgan fingerprint density at radius 3 is 2.63 bits per heavy atom. The van der Waals surface area contributed by atoms with E-state index < -0.39 is 6.09 Å². The maximum Gasteiger partial charge on any atom is 0.407 e. The van der Waals surface area contributed by atoms with Gasteiger partial charge in [-0.1, -0.05) is 0 Å². The van der Waals surface area contributed by atoms with Crippen molar-refractivity contribution in [2.75, 3.05) is 12.3 Å². The summed E-state index contributed by atoms with van der Waals surface area (Å²) in [5, 5.41) is 14.0. The van der Waals surface area contributed by atoms with Crippen molar-refractivity contribution < 1.29 is 9.90 Å². The van der Waals surface area contributed by atoms with Crippen LogP contribution in [0, 0.1) is 5.92 Å². The summed E-state index contributed by atoms with van der Waals surface area (Å²) in [6, 6.07) is 0.706. The van der Waals surface area contributed by atoms with Crippen LogP contribution in [0.5, 0.6) is 0 Å². The molecule has 0 bridgehead atoms. The third-order valence-corrected chi connectivity index (χ3v) is 7.00. The number of hydrogen-bond donors (Lipinski definition) is 3. The fourth-order valence-corrected chi connectivity index (χ4v) is 5.70. The van der Waals surface area contributed by atoms with Crippen molar-refractivity contribution in [2.24, 2.45) is 5.92 Å². The van der Waals surface area contributed by atoms with Crippen LogP contribution < -0.4 is 11.1 Å². The van der Waals surface area contributed by atoms with Gasteiger partial charge in [-0.15, -0.1) is 11.3 Å². The quantitative estimate of drug-likeness (QED) is 0.704. The van der Waals surface area contributed by atoms with Crippen molar-refractivity contribution in [3.8, 4) is 0 Å². The van der Waals surface area contributed by atoms with Gasteiger partial charge in [0.05, 0.1) is 5.69 Å². The van der Waals surface area contributed by atoms with Crippen LogP contribution in [0.15, 0.2) is 0 Å². The van der Waals surface area contributed by atoms with Crippen LogP contribution in [-0.2, 0) is 12.8 Å². The second kappa shape index (κ2) is 8.35. The van der Waals surface area contributed by atoms with Crippen molar-refractivity contribution in [1.82, 2.24) is 15.2 Å². The van der Waals surface area contributed by atoms with Gasteiger partial charge in [-0.05, 0) is 84.6 Å². The average Bonchev–Trinajstić information content (AvgIpc) is 2.94. The maximum atomic E-state index is 11.7. The molecule has 1 aromatic rings. The van der Waals surface area contributed by atoms with Gasteiger partial charge < -0.3 is 21.1 Å². The molecule has 0 unspecified atom stereocenters. The molecule has 152 valence electrons. The van der Waals surface area contributed by atoms with Gasteiger partial charge in [-0.2, -0.15) is 0 Å². The summed E-state index contributed by atoms with van der Waals surface area (Å²) in [5.74, 6) is 0.711. The lowest BCUT2D eigenvalue weighted by atomic mass is 9.82. The fraction of sp³-hybridized carbons (Fsp3) is 0.800. The Bertz CT molecular complexity index is 647. The van der Waals surface area contributed by atoms with E-state index in [4.69, 9.17) is 5.73 Å². The molecule has 6 nitrogen and oxygen atoms in total. The molecule has 1 heterocycles. The summed E-state index contributed by atoms with van der Waals surface area (Å²) < 4.78 is 0. The SMILES string of the molecule is CC(C)(C)N(C(=O)O)[C@H]1CC[C@H](CCN[C@H]2CCc3nc(N)sc3C2)CC1. The molecule has 1 saturated carbocycles. The average molecular weight is 395 g/mol. The zero-order valence-corrected chi connectivity index (χ0v) is 17.6. The number of anilines is 1. The van der Waals surface area contributed by atoms with E-state index in [0.717, 1.165) is 51.5 Å². The van der Waals surface area contributed by atoms with Gasteiger partial charge in [-0.25, -0.2) is 9.78 Å². The Labute approximate surface area is 166 Å². The molecule has 1 atom stereocenters. The molecule has 0 aromatic carbocycles. The summed E-state index contributed by atoms with van der Waals surface area (Å²) >= 11 is 1.64. The first-order valence-electron chi connectivity index (χ1n) is 10.2. The van der Waals surface area contributed by atoms with Gasteiger partial charge in [0.2, 0.25) is 0 Å². The highest BCUT2D eigenvalue weighted by Gasteiger charge is 2.35. The summed E-state index contributed by atoms with van der Waals surface area (Å²) in [6.45, 7) is 7.02. The number of fused-ring (bicyclic) bond motifs is 1. The number of nitrogens with one attached hydrogen (secondary N) is 1. The second-order valence-corrected chi connectivity index (χ2v) is 10.2. The number of rotatable bonds is 5. The molecule has 1 fully saturated rings. The molecular weight excluding hydrogens is 360 g/mol. The highest BCUT2D eigenvalue weighted by molar-refractivity contribution is 7.15. The first-order valence-corrected chi connectivity index (χ1v) is 11.1. The first kappa shape index (κ1) is 20.4. The number of carboxylic acid groups (broad SMARTS) is 1. The van der Waals surface area contributed by atoms with Crippen molar-refractivity contribution in [3.05, 3.63) is 10.6 Å². The fourth-order valence-electron chi connectivity index (χ4n) is 4.74. The Hall–Kier alpha value is -1.34. The van der Waals surface area contributed by atoms with E-state index in [9.17, 15) is 9.90 Å². The van der Waals surface area contributed by atoms with Crippen LogP contribution in [0.4, 0.5) is 9.93 Å². The van der Waals surface area contributed by atoms with Gasteiger partial charge in [0, 0.05) is 22.5 Å². The molecule has 2 aliphatic rings. The standard InChI is InChI=1S/C20H34N4O2S/c1-20(2,3)24(19(25)26)15-7-4-13(5-8-15)10-11-22-14-6-9-16-17(12-14)27-18(21)23-16/h13-15,22H,4-12H2,1-3H3,(H2,21,23)(H,25,26)/t13-,14-,15-/m0/s1. The number of nitrogens with zero attached hydrogens (tertiary/aromatic N) is 2. The minimum atomic E-state index is -0.784. The number of aromatic nitrogens is 1. The van der Waals surface area contributed by atoms with E-state index in [1.165, 1.54) is 17.0 Å². The van der Waals surface area contributed by atoms with Crippen LogP contribution in [-0.4, -0.2) is 45.3 Å². The van der Waals surface area contributed by atoms with Gasteiger partial charge in [0.15, 0.2) is 5.13 Å². The largest absolute Gasteiger partial charge is 0.465 e. The molecule has 0 radical (unpaired) electrons. The van der Waals surface area contributed by atoms with E-state index in [1.807, 2.05) is 20.8 Å². The summed E-state index contributed by atoms with van der Waals surface area (Å²) in [7, 11) is 0. The van der Waals surface area contributed by atoms with E-state index in [0.29, 0.717) is 17.1 Å². The predicted octanol–water partition coefficient (Wildman–Crippen LogP) is 3.90. The lowest BCUT2D eigenvalue weighted by Crippen LogP contribution is -2.52. The third kappa shape index (κ3) is 5.13. The lowest BCUT2D eigenvalue weighted by molar-refractivity contribution is 0.0497. The minimum absolute atomic E-state index is 0.167. The number of nitrogen functional groups attached to an aromatic ring is 1.